The number of nitrogens with one attached hydrogen (secondary N) is 1. The number of hydrogen-bond donors (Lipinski definition) is 1. The number of benzene rings is 1. The van der Waals surface area contributed by atoms with Crippen molar-refractivity contribution in [3.63, 3.8) is 0 Å². The first-order valence-electron chi connectivity index (χ1n) is 5.33. The molecule has 0 spiro atoms. The van der Waals surface area contributed by atoms with Gasteiger partial charge in [-0.2, -0.15) is 0 Å². The molecule has 0 atom stereocenters. The zero-order chi connectivity index (χ0) is 11.4. The minimum Gasteiger partial charge on any atom is -0.364 e. The topological polar surface area (TPSA) is 37.8 Å². The summed E-state index contributed by atoms with van der Waals surface area (Å²) in [5.74, 6) is 0.851. The van der Waals surface area contributed by atoms with Crippen LogP contribution in [0.3, 0.4) is 0 Å². The summed E-state index contributed by atoms with van der Waals surface area (Å²) in [7, 11) is 0. The molecule has 0 fully saturated rings. The van der Waals surface area contributed by atoms with Gasteiger partial charge in [0.15, 0.2) is 0 Å². The van der Waals surface area contributed by atoms with Gasteiger partial charge in [0.2, 0.25) is 0 Å². The summed E-state index contributed by atoms with van der Waals surface area (Å²) in [6.07, 6.45) is 3.40. The second kappa shape index (κ2) is 4.75. The van der Waals surface area contributed by atoms with Crippen LogP contribution >= 0.6 is 0 Å². The van der Waals surface area contributed by atoms with Crippen LogP contribution < -0.4 is 5.32 Å². The Morgan fingerprint density at radius 1 is 1.12 bits per heavy atom. The number of hydrogen-bond acceptors (Lipinski definition) is 3. The maximum Gasteiger partial charge on any atom is 0.147 e. The Morgan fingerprint density at radius 3 is 2.69 bits per heavy atom. The van der Waals surface area contributed by atoms with Crippen LogP contribution in [0, 0.1) is 13.8 Å². The van der Waals surface area contributed by atoms with Gasteiger partial charge >= 0.3 is 0 Å². The van der Waals surface area contributed by atoms with Gasteiger partial charge in [0.1, 0.15) is 5.82 Å². The molecule has 0 saturated carbocycles. The van der Waals surface area contributed by atoms with Crippen LogP contribution in [0.15, 0.2) is 36.7 Å². The molecular weight excluding hydrogens is 198 g/mol. The van der Waals surface area contributed by atoms with Gasteiger partial charge in [0, 0.05) is 18.9 Å². The van der Waals surface area contributed by atoms with Crippen molar-refractivity contribution < 1.29 is 0 Å². The summed E-state index contributed by atoms with van der Waals surface area (Å²) >= 11 is 0. The molecule has 0 aliphatic rings. The van der Waals surface area contributed by atoms with E-state index in [1.54, 1.807) is 12.4 Å². The summed E-state index contributed by atoms with van der Waals surface area (Å²) in [6.45, 7) is 4.82. The Bertz CT molecular complexity index is 480. The predicted molar refractivity (Wildman–Crippen MR) is 65.3 cm³/mol. The first-order valence-corrected chi connectivity index (χ1v) is 5.33. The fraction of sp³-hybridized carbons (Fsp3) is 0.231. The molecule has 16 heavy (non-hydrogen) atoms. The quantitative estimate of drug-likeness (QED) is 0.851. The van der Waals surface area contributed by atoms with Crippen molar-refractivity contribution in [2.45, 2.75) is 20.4 Å². The Kier molecular flexibility index (Phi) is 3.15. The molecule has 0 aliphatic carbocycles. The molecule has 1 N–H and O–H groups in total. The molecule has 2 aromatic rings. The van der Waals surface area contributed by atoms with E-state index < -0.39 is 0 Å². The van der Waals surface area contributed by atoms with Gasteiger partial charge < -0.3 is 5.32 Å². The summed E-state index contributed by atoms with van der Waals surface area (Å²) in [4.78, 5) is 8.43. The third-order valence-electron chi connectivity index (χ3n) is 2.42. The van der Waals surface area contributed by atoms with Gasteiger partial charge in [-0.3, -0.25) is 4.98 Å². The fourth-order valence-electron chi connectivity index (χ4n) is 1.59. The third kappa shape index (κ3) is 2.57. The fourth-order valence-corrected chi connectivity index (χ4v) is 1.59. The summed E-state index contributed by atoms with van der Waals surface area (Å²) in [6, 6.07) is 8.43. The molecule has 0 radical (unpaired) electrons. The monoisotopic (exact) mass is 213 g/mol. The largest absolute Gasteiger partial charge is 0.364 e. The molecule has 0 amide bonds. The minimum atomic E-state index is 0.779. The number of aryl methyl sites for hydroxylation is 2. The van der Waals surface area contributed by atoms with E-state index in [9.17, 15) is 0 Å². The summed E-state index contributed by atoms with van der Waals surface area (Å²) in [5, 5.41) is 3.28. The van der Waals surface area contributed by atoms with Crippen LogP contribution in [0.1, 0.15) is 16.8 Å². The first kappa shape index (κ1) is 10.6. The van der Waals surface area contributed by atoms with E-state index in [1.165, 1.54) is 11.1 Å². The van der Waals surface area contributed by atoms with Crippen molar-refractivity contribution in [3.05, 3.63) is 53.5 Å². The smallest absolute Gasteiger partial charge is 0.147 e. The number of anilines is 1. The lowest BCUT2D eigenvalue weighted by Gasteiger charge is -2.07. The summed E-state index contributed by atoms with van der Waals surface area (Å²) in [5.41, 5.74) is 3.45. The highest BCUT2D eigenvalue weighted by molar-refractivity contribution is 5.39. The summed E-state index contributed by atoms with van der Waals surface area (Å²) < 4.78 is 0. The normalized spacial score (nSPS) is 10.1. The third-order valence-corrected chi connectivity index (χ3v) is 2.42. The minimum absolute atomic E-state index is 0.779. The van der Waals surface area contributed by atoms with Crippen molar-refractivity contribution in [2.75, 3.05) is 5.32 Å². The molecule has 0 unspecified atom stereocenters. The van der Waals surface area contributed by atoms with E-state index in [-0.39, 0.29) is 0 Å². The lowest BCUT2D eigenvalue weighted by atomic mass is 10.1. The van der Waals surface area contributed by atoms with E-state index in [0.29, 0.717) is 0 Å². The Labute approximate surface area is 95.6 Å². The highest BCUT2D eigenvalue weighted by Gasteiger charge is 1.99. The zero-order valence-electron chi connectivity index (χ0n) is 9.57. The predicted octanol–water partition coefficient (Wildman–Crippen LogP) is 2.71. The highest BCUT2D eigenvalue weighted by Crippen LogP contribution is 2.09. The van der Waals surface area contributed by atoms with E-state index in [4.69, 9.17) is 0 Å². The lowest BCUT2D eigenvalue weighted by Crippen LogP contribution is -2.03. The number of rotatable bonds is 3. The second-order valence-electron chi connectivity index (χ2n) is 3.83. The van der Waals surface area contributed by atoms with E-state index >= 15 is 0 Å². The van der Waals surface area contributed by atoms with Crippen LogP contribution in [0.5, 0.6) is 0 Å². The lowest BCUT2D eigenvalue weighted by molar-refractivity contribution is 1.05. The van der Waals surface area contributed by atoms with E-state index in [0.717, 1.165) is 18.1 Å². The van der Waals surface area contributed by atoms with Gasteiger partial charge in [-0.25, -0.2) is 4.98 Å². The van der Waals surface area contributed by atoms with Crippen LogP contribution in [-0.4, -0.2) is 9.97 Å². The van der Waals surface area contributed by atoms with Crippen molar-refractivity contribution in [1.29, 1.82) is 0 Å². The Balaban J connectivity index is 2.05. The van der Waals surface area contributed by atoms with Gasteiger partial charge in [-0.05, 0) is 19.4 Å². The average molecular weight is 213 g/mol. The Morgan fingerprint density at radius 2 is 1.94 bits per heavy atom. The van der Waals surface area contributed by atoms with Crippen LogP contribution in [0.4, 0.5) is 5.82 Å². The molecule has 1 heterocycles. The van der Waals surface area contributed by atoms with Crippen molar-refractivity contribution >= 4 is 5.82 Å². The van der Waals surface area contributed by atoms with Crippen molar-refractivity contribution in [3.8, 4) is 0 Å². The second-order valence-corrected chi connectivity index (χ2v) is 3.83. The van der Waals surface area contributed by atoms with Crippen LogP contribution in [0.25, 0.3) is 0 Å². The molecule has 0 bridgehead atoms. The Hall–Kier alpha value is -1.90. The van der Waals surface area contributed by atoms with E-state index in [2.05, 4.69) is 46.5 Å². The molecule has 1 aromatic carbocycles. The molecule has 82 valence electrons. The van der Waals surface area contributed by atoms with Crippen molar-refractivity contribution in [2.24, 2.45) is 0 Å². The molecule has 3 nitrogen and oxygen atoms in total. The van der Waals surface area contributed by atoms with Crippen LogP contribution in [-0.2, 0) is 6.54 Å². The highest BCUT2D eigenvalue weighted by atomic mass is 15.0. The first-order chi connectivity index (χ1) is 7.75. The average Bonchev–Trinajstić information content (AvgIpc) is 2.28. The molecule has 0 saturated heterocycles. The number of aromatic nitrogens is 2. The molecule has 3 heteroatoms. The van der Waals surface area contributed by atoms with Gasteiger partial charge in [0.05, 0.1) is 5.69 Å². The SMILES string of the molecule is Cc1cccc(CNc2nccnc2C)c1. The van der Waals surface area contributed by atoms with Gasteiger partial charge in [0.25, 0.3) is 0 Å². The van der Waals surface area contributed by atoms with Gasteiger partial charge in [-0.15, -0.1) is 0 Å². The zero-order valence-corrected chi connectivity index (χ0v) is 9.57. The molecular formula is C13H15N3. The maximum atomic E-state index is 4.24. The standard InChI is InChI=1S/C13H15N3/c1-10-4-3-5-12(8-10)9-16-13-11(2)14-6-7-15-13/h3-8H,9H2,1-2H3,(H,15,16). The molecule has 1 aromatic heterocycles. The van der Waals surface area contributed by atoms with Crippen LogP contribution in [0.2, 0.25) is 0 Å². The molecule has 0 aliphatic heterocycles. The van der Waals surface area contributed by atoms with E-state index in [1.807, 2.05) is 6.92 Å². The number of nitrogens with zero attached hydrogens (tertiary/aromatic N) is 2. The van der Waals surface area contributed by atoms with Gasteiger partial charge in [-0.1, -0.05) is 29.8 Å². The molecule has 2 rings (SSSR count). The van der Waals surface area contributed by atoms with Crippen molar-refractivity contribution in [1.82, 2.24) is 9.97 Å². The maximum absolute atomic E-state index is 4.24.